The van der Waals surface area contributed by atoms with Crippen molar-refractivity contribution in [2.24, 2.45) is 23.2 Å². The Morgan fingerprint density at radius 3 is 2.09 bits per heavy atom. The highest BCUT2D eigenvalue weighted by molar-refractivity contribution is 5.77. The largest absolute Gasteiger partial charge is 0.381 e. The van der Waals surface area contributed by atoms with E-state index in [1.54, 1.807) is 0 Å². The van der Waals surface area contributed by atoms with E-state index in [4.69, 9.17) is 4.74 Å². The second kappa shape index (κ2) is 5.81. The third kappa shape index (κ3) is 2.70. The zero-order valence-electron chi connectivity index (χ0n) is 14.1. The standard InChI is InChI=1S/C19H31NO2/c1-2-20(17-3-5-22-6-4-17)18(21)13-19-10-14-7-15(11-19)9-16(8-14)12-19/h14-17H,2-13H2,1H3. The Kier molecular flexibility index (Phi) is 3.96. The predicted octanol–water partition coefficient (Wildman–Crippen LogP) is 3.62. The molecule has 1 saturated heterocycles. The maximum absolute atomic E-state index is 13.0. The van der Waals surface area contributed by atoms with Crippen molar-refractivity contribution in [3.63, 3.8) is 0 Å². The quantitative estimate of drug-likeness (QED) is 0.794. The fraction of sp³-hybridized carbons (Fsp3) is 0.947. The van der Waals surface area contributed by atoms with Gasteiger partial charge in [0.05, 0.1) is 0 Å². The highest BCUT2D eigenvalue weighted by atomic mass is 16.5. The van der Waals surface area contributed by atoms with E-state index in [0.717, 1.165) is 56.8 Å². The summed E-state index contributed by atoms with van der Waals surface area (Å²) in [6, 6.07) is 0.431. The number of hydrogen-bond donors (Lipinski definition) is 0. The topological polar surface area (TPSA) is 29.5 Å². The Hall–Kier alpha value is -0.570. The van der Waals surface area contributed by atoms with Crippen molar-refractivity contribution in [2.75, 3.05) is 19.8 Å². The van der Waals surface area contributed by atoms with E-state index < -0.39 is 0 Å². The number of nitrogens with zero attached hydrogens (tertiary/aromatic N) is 1. The van der Waals surface area contributed by atoms with E-state index in [2.05, 4.69) is 11.8 Å². The van der Waals surface area contributed by atoms with Crippen LogP contribution in [0.5, 0.6) is 0 Å². The van der Waals surface area contributed by atoms with Crippen molar-refractivity contribution in [3.8, 4) is 0 Å². The van der Waals surface area contributed by atoms with E-state index in [1.807, 2.05) is 0 Å². The lowest BCUT2D eigenvalue weighted by Crippen LogP contribution is -2.50. The molecular weight excluding hydrogens is 274 g/mol. The van der Waals surface area contributed by atoms with Crippen molar-refractivity contribution in [2.45, 2.75) is 70.8 Å². The van der Waals surface area contributed by atoms with Crippen LogP contribution in [0.1, 0.15) is 64.7 Å². The molecule has 1 amide bonds. The van der Waals surface area contributed by atoms with Crippen LogP contribution >= 0.6 is 0 Å². The Morgan fingerprint density at radius 2 is 1.59 bits per heavy atom. The molecule has 4 aliphatic carbocycles. The molecule has 4 bridgehead atoms. The second-order valence-electron chi connectivity index (χ2n) is 8.62. The van der Waals surface area contributed by atoms with Crippen LogP contribution in [-0.2, 0) is 9.53 Å². The molecular formula is C19H31NO2. The SMILES string of the molecule is CCN(C(=O)CC12CC3CC(CC(C3)C1)C2)C1CCOCC1. The van der Waals surface area contributed by atoms with Crippen LogP contribution in [0, 0.1) is 23.2 Å². The molecule has 0 N–H and O–H groups in total. The first-order valence-corrected chi connectivity index (χ1v) is 9.55. The maximum Gasteiger partial charge on any atom is 0.223 e. The van der Waals surface area contributed by atoms with Gasteiger partial charge >= 0.3 is 0 Å². The summed E-state index contributed by atoms with van der Waals surface area (Å²) in [7, 11) is 0. The summed E-state index contributed by atoms with van der Waals surface area (Å²) in [6.07, 6.45) is 11.3. The normalized spacial score (nSPS) is 40.9. The first-order valence-electron chi connectivity index (χ1n) is 9.55. The molecule has 1 aliphatic heterocycles. The van der Waals surface area contributed by atoms with Crippen molar-refractivity contribution >= 4 is 5.91 Å². The van der Waals surface area contributed by atoms with Crippen LogP contribution < -0.4 is 0 Å². The van der Waals surface area contributed by atoms with Gasteiger partial charge in [-0.05, 0) is 81.5 Å². The molecule has 0 unspecified atom stereocenters. The first-order chi connectivity index (χ1) is 10.7. The first kappa shape index (κ1) is 15.0. The molecule has 3 nitrogen and oxygen atoms in total. The fourth-order valence-corrected chi connectivity index (χ4v) is 6.56. The average Bonchev–Trinajstić information content (AvgIpc) is 2.47. The fourth-order valence-electron chi connectivity index (χ4n) is 6.56. The van der Waals surface area contributed by atoms with Gasteiger partial charge in [-0.3, -0.25) is 4.79 Å². The Balaban J connectivity index is 1.44. The van der Waals surface area contributed by atoms with E-state index in [1.165, 1.54) is 38.5 Å². The van der Waals surface area contributed by atoms with Gasteiger partial charge in [-0.2, -0.15) is 0 Å². The van der Waals surface area contributed by atoms with Crippen LogP contribution in [0.4, 0.5) is 0 Å². The molecule has 1 heterocycles. The van der Waals surface area contributed by atoms with Crippen molar-refractivity contribution in [1.29, 1.82) is 0 Å². The molecule has 0 aromatic heterocycles. The highest BCUT2D eigenvalue weighted by Gasteiger charge is 2.51. The zero-order valence-corrected chi connectivity index (χ0v) is 14.1. The van der Waals surface area contributed by atoms with Gasteiger partial charge in [0.15, 0.2) is 0 Å². The van der Waals surface area contributed by atoms with Gasteiger partial charge in [0.25, 0.3) is 0 Å². The summed E-state index contributed by atoms with van der Waals surface area (Å²) in [6.45, 7) is 4.67. The molecule has 22 heavy (non-hydrogen) atoms. The van der Waals surface area contributed by atoms with Gasteiger partial charge in [0.1, 0.15) is 0 Å². The number of carbonyl (C=O) groups excluding carboxylic acids is 1. The van der Waals surface area contributed by atoms with E-state index in [0.29, 0.717) is 17.4 Å². The number of ether oxygens (including phenoxy) is 1. The third-order valence-electron chi connectivity index (χ3n) is 6.98. The average molecular weight is 305 g/mol. The van der Waals surface area contributed by atoms with Crippen LogP contribution in [0.3, 0.4) is 0 Å². The molecule has 0 spiro atoms. The summed E-state index contributed by atoms with van der Waals surface area (Å²) < 4.78 is 5.47. The summed E-state index contributed by atoms with van der Waals surface area (Å²) >= 11 is 0. The lowest BCUT2D eigenvalue weighted by atomic mass is 9.49. The molecule has 0 aromatic rings. The Morgan fingerprint density at radius 1 is 1.05 bits per heavy atom. The summed E-state index contributed by atoms with van der Waals surface area (Å²) in [5.41, 5.74) is 0.379. The van der Waals surface area contributed by atoms with Crippen LogP contribution in [-0.4, -0.2) is 36.6 Å². The number of carbonyl (C=O) groups is 1. The monoisotopic (exact) mass is 305 g/mol. The lowest BCUT2D eigenvalue weighted by molar-refractivity contribution is -0.143. The van der Waals surface area contributed by atoms with Gasteiger partial charge in [-0.1, -0.05) is 0 Å². The Bertz CT molecular complexity index is 392. The lowest BCUT2D eigenvalue weighted by Gasteiger charge is -2.57. The van der Waals surface area contributed by atoms with E-state index >= 15 is 0 Å². The third-order valence-corrected chi connectivity index (χ3v) is 6.98. The maximum atomic E-state index is 13.0. The van der Waals surface area contributed by atoms with Gasteiger partial charge < -0.3 is 9.64 Å². The van der Waals surface area contributed by atoms with Crippen LogP contribution in [0.25, 0.3) is 0 Å². The van der Waals surface area contributed by atoms with Gasteiger partial charge in [0.2, 0.25) is 5.91 Å². The molecule has 4 saturated carbocycles. The summed E-state index contributed by atoms with van der Waals surface area (Å²) in [5.74, 6) is 3.27. The summed E-state index contributed by atoms with van der Waals surface area (Å²) in [4.78, 5) is 15.2. The molecule has 5 fully saturated rings. The number of amides is 1. The van der Waals surface area contributed by atoms with Crippen molar-refractivity contribution in [1.82, 2.24) is 4.90 Å². The molecule has 124 valence electrons. The molecule has 0 radical (unpaired) electrons. The summed E-state index contributed by atoms with van der Waals surface area (Å²) in [5, 5.41) is 0. The smallest absolute Gasteiger partial charge is 0.223 e. The highest BCUT2D eigenvalue weighted by Crippen LogP contribution is 2.61. The number of rotatable bonds is 4. The van der Waals surface area contributed by atoms with Crippen LogP contribution in [0.2, 0.25) is 0 Å². The minimum absolute atomic E-state index is 0.379. The zero-order chi connectivity index (χ0) is 15.2. The van der Waals surface area contributed by atoms with Crippen LogP contribution in [0.15, 0.2) is 0 Å². The number of hydrogen-bond acceptors (Lipinski definition) is 2. The minimum Gasteiger partial charge on any atom is -0.381 e. The molecule has 0 aromatic carbocycles. The molecule has 5 aliphatic rings. The van der Waals surface area contributed by atoms with Crippen molar-refractivity contribution in [3.05, 3.63) is 0 Å². The predicted molar refractivity (Wildman–Crippen MR) is 86.5 cm³/mol. The van der Waals surface area contributed by atoms with E-state index in [9.17, 15) is 4.79 Å². The molecule has 3 heteroatoms. The molecule has 5 rings (SSSR count). The second-order valence-corrected chi connectivity index (χ2v) is 8.62. The van der Waals surface area contributed by atoms with E-state index in [-0.39, 0.29) is 0 Å². The van der Waals surface area contributed by atoms with Gasteiger partial charge in [-0.15, -0.1) is 0 Å². The van der Waals surface area contributed by atoms with Crippen molar-refractivity contribution < 1.29 is 9.53 Å². The van der Waals surface area contributed by atoms with Gasteiger partial charge in [0, 0.05) is 32.2 Å². The molecule has 0 atom stereocenters. The van der Waals surface area contributed by atoms with Gasteiger partial charge in [-0.25, -0.2) is 0 Å². The minimum atomic E-state index is 0.379. The Labute approximate surface area is 134 Å².